The third-order valence-electron chi connectivity index (χ3n) is 1.64. The maximum absolute atomic E-state index is 13.1. The molecule has 0 atom stereocenters. The minimum absolute atomic E-state index is 0.244. The number of rotatable bonds is 1. The van der Waals surface area contributed by atoms with E-state index in [1.807, 2.05) is 0 Å². The Morgan fingerprint density at radius 1 is 1.19 bits per heavy atom. The largest absolute Gasteiger partial charge is 0.212 e. The minimum atomic E-state index is -0.825. The van der Waals surface area contributed by atoms with Gasteiger partial charge in [-0.3, -0.25) is 0 Å². The number of thiophene rings is 1. The van der Waals surface area contributed by atoms with Crippen LogP contribution in [-0.4, -0.2) is 9.97 Å². The van der Waals surface area contributed by atoms with E-state index in [0.717, 1.165) is 0 Å². The molecule has 0 aliphatic rings. The molecule has 16 heavy (non-hydrogen) atoms. The highest BCUT2D eigenvalue weighted by Gasteiger charge is 2.15. The monoisotopic (exact) mass is 360 g/mol. The average molecular weight is 362 g/mol. The number of hydrogen-bond acceptors (Lipinski definition) is 3. The predicted octanol–water partition coefficient (Wildman–Crippen LogP) is 5.07. The first kappa shape index (κ1) is 12.5. The minimum Gasteiger partial charge on any atom is -0.212 e. The maximum atomic E-state index is 13.1. The first-order chi connectivity index (χ1) is 7.49. The van der Waals surface area contributed by atoms with E-state index in [9.17, 15) is 4.39 Å². The zero-order chi connectivity index (χ0) is 11.9. The molecule has 2 nitrogen and oxygen atoms in total. The van der Waals surface area contributed by atoms with Crippen LogP contribution < -0.4 is 0 Å². The van der Waals surface area contributed by atoms with E-state index < -0.39 is 5.82 Å². The van der Waals surface area contributed by atoms with Crippen molar-refractivity contribution in [3.05, 3.63) is 31.0 Å². The van der Waals surface area contributed by atoms with Gasteiger partial charge in [-0.25, -0.2) is 14.4 Å². The van der Waals surface area contributed by atoms with Gasteiger partial charge in [-0.15, -0.1) is 11.3 Å². The number of halogens is 5. The molecule has 0 aliphatic carbocycles. The van der Waals surface area contributed by atoms with Crippen molar-refractivity contribution < 1.29 is 4.39 Å². The van der Waals surface area contributed by atoms with Crippen LogP contribution in [0.3, 0.4) is 0 Å². The zero-order valence-corrected chi connectivity index (χ0v) is 11.9. The van der Waals surface area contributed by atoms with Crippen molar-refractivity contribution >= 4 is 62.1 Å². The van der Waals surface area contributed by atoms with Crippen molar-refractivity contribution in [1.82, 2.24) is 9.97 Å². The molecule has 2 aromatic heterocycles. The van der Waals surface area contributed by atoms with Crippen molar-refractivity contribution in [3.8, 4) is 10.7 Å². The molecule has 8 heteroatoms. The van der Waals surface area contributed by atoms with Crippen molar-refractivity contribution in [3.63, 3.8) is 0 Å². The SMILES string of the molecule is Fc1c(Cl)nc(-c2cc(Br)c(Cl)s2)nc1Cl. The molecule has 0 aliphatic heterocycles. The Morgan fingerprint density at radius 2 is 1.75 bits per heavy atom. The molecule has 0 saturated carbocycles. The summed E-state index contributed by atoms with van der Waals surface area (Å²) in [6, 6.07) is 1.72. The van der Waals surface area contributed by atoms with Gasteiger partial charge in [0.05, 0.1) is 4.88 Å². The Labute approximate surface area is 118 Å². The molecule has 2 aromatic rings. The Hall–Kier alpha value is 0.0600. The molecule has 2 rings (SSSR count). The molecule has 0 spiro atoms. The van der Waals surface area contributed by atoms with Gasteiger partial charge in [0.25, 0.3) is 0 Å². The van der Waals surface area contributed by atoms with Crippen molar-refractivity contribution in [2.24, 2.45) is 0 Å². The van der Waals surface area contributed by atoms with Crippen LogP contribution in [0, 0.1) is 5.82 Å². The normalized spacial score (nSPS) is 10.8. The van der Waals surface area contributed by atoms with Crippen LogP contribution in [0.2, 0.25) is 14.6 Å². The summed E-state index contributed by atoms with van der Waals surface area (Å²) in [5, 5.41) is -0.619. The number of hydrogen-bond donors (Lipinski definition) is 0. The fraction of sp³-hybridized carbons (Fsp3) is 0. The summed E-state index contributed by atoms with van der Waals surface area (Å²) in [7, 11) is 0. The Kier molecular flexibility index (Phi) is 3.71. The molecular formula is C8HBrCl3FN2S. The van der Waals surface area contributed by atoms with Crippen LogP contribution in [0.25, 0.3) is 10.7 Å². The molecule has 0 saturated heterocycles. The second-order valence-corrected chi connectivity index (χ2v) is 5.90. The molecule has 0 amide bonds. The first-order valence-electron chi connectivity index (χ1n) is 3.82. The maximum Gasteiger partial charge on any atom is 0.197 e. The predicted molar refractivity (Wildman–Crippen MR) is 68.0 cm³/mol. The molecular weight excluding hydrogens is 361 g/mol. The Bertz CT molecular complexity index is 518. The summed E-state index contributed by atoms with van der Waals surface area (Å²) < 4.78 is 14.4. The first-order valence-corrected chi connectivity index (χ1v) is 6.57. The van der Waals surface area contributed by atoms with Crippen LogP contribution >= 0.6 is 62.1 Å². The second kappa shape index (κ2) is 4.74. The van der Waals surface area contributed by atoms with E-state index in [0.29, 0.717) is 13.7 Å². The third kappa shape index (κ3) is 2.33. The van der Waals surface area contributed by atoms with Gasteiger partial charge in [-0.05, 0) is 22.0 Å². The average Bonchev–Trinajstić information content (AvgIpc) is 2.55. The van der Waals surface area contributed by atoms with E-state index in [4.69, 9.17) is 34.8 Å². The highest BCUT2D eigenvalue weighted by Crippen LogP contribution is 2.37. The summed E-state index contributed by atoms with van der Waals surface area (Å²) in [4.78, 5) is 8.22. The summed E-state index contributed by atoms with van der Waals surface area (Å²) >= 11 is 21.5. The summed E-state index contributed by atoms with van der Waals surface area (Å²) in [5.74, 6) is -0.581. The third-order valence-corrected chi connectivity index (χ3v) is 4.61. The van der Waals surface area contributed by atoms with Gasteiger partial charge < -0.3 is 0 Å². The van der Waals surface area contributed by atoms with Crippen LogP contribution in [0.5, 0.6) is 0 Å². The summed E-state index contributed by atoms with van der Waals surface area (Å²) in [6.07, 6.45) is 0. The van der Waals surface area contributed by atoms with Gasteiger partial charge in [-0.1, -0.05) is 34.8 Å². The van der Waals surface area contributed by atoms with Gasteiger partial charge in [-0.2, -0.15) is 0 Å². The van der Waals surface area contributed by atoms with Crippen LogP contribution in [-0.2, 0) is 0 Å². The number of aromatic nitrogens is 2. The lowest BCUT2D eigenvalue weighted by molar-refractivity contribution is 0.615. The zero-order valence-electron chi connectivity index (χ0n) is 7.27. The second-order valence-electron chi connectivity index (χ2n) is 2.68. The van der Waals surface area contributed by atoms with Gasteiger partial charge in [0.15, 0.2) is 21.9 Å². The van der Waals surface area contributed by atoms with Gasteiger partial charge in [0.1, 0.15) is 4.34 Å². The lowest BCUT2D eigenvalue weighted by atomic mass is 10.4. The fourth-order valence-corrected chi connectivity index (χ4v) is 2.98. The van der Waals surface area contributed by atoms with Gasteiger partial charge in [0, 0.05) is 4.47 Å². The number of nitrogens with zero attached hydrogens (tertiary/aromatic N) is 2. The lowest BCUT2D eigenvalue weighted by Crippen LogP contribution is -1.92. The van der Waals surface area contributed by atoms with E-state index in [-0.39, 0.29) is 16.1 Å². The van der Waals surface area contributed by atoms with E-state index in [2.05, 4.69) is 25.9 Å². The molecule has 0 radical (unpaired) electrons. The van der Waals surface area contributed by atoms with E-state index >= 15 is 0 Å². The molecule has 2 heterocycles. The highest BCUT2D eigenvalue weighted by molar-refractivity contribution is 9.10. The highest BCUT2D eigenvalue weighted by atomic mass is 79.9. The van der Waals surface area contributed by atoms with E-state index in [1.54, 1.807) is 6.07 Å². The lowest BCUT2D eigenvalue weighted by Gasteiger charge is -1.99. The summed E-state index contributed by atoms with van der Waals surface area (Å²) in [6.45, 7) is 0. The molecule has 84 valence electrons. The Balaban J connectivity index is 2.56. The van der Waals surface area contributed by atoms with Crippen molar-refractivity contribution in [2.45, 2.75) is 0 Å². The van der Waals surface area contributed by atoms with Crippen molar-refractivity contribution in [1.29, 1.82) is 0 Å². The molecule has 0 fully saturated rings. The molecule has 0 N–H and O–H groups in total. The van der Waals surface area contributed by atoms with Crippen LogP contribution in [0.1, 0.15) is 0 Å². The topological polar surface area (TPSA) is 25.8 Å². The smallest absolute Gasteiger partial charge is 0.197 e. The van der Waals surface area contributed by atoms with Crippen LogP contribution in [0.15, 0.2) is 10.5 Å². The van der Waals surface area contributed by atoms with Crippen molar-refractivity contribution in [2.75, 3.05) is 0 Å². The van der Waals surface area contributed by atoms with E-state index in [1.165, 1.54) is 11.3 Å². The molecule has 0 aromatic carbocycles. The van der Waals surface area contributed by atoms with Crippen LogP contribution in [0.4, 0.5) is 4.39 Å². The Morgan fingerprint density at radius 3 is 2.19 bits per heavy atom. The standard InChI is InChI=1S/C8HBrCl3FN2S/c9-2-1-3(16-7(2)12)8-14-5(10)4(13)6(11)15-8/h1H. The molecule has 0 unspecified atom stereocenters. The van der Waals surface area contributed by atoms with Gasteiger partial charge >= 0.3 is 0 Å². The molecule has 0 bridgehead atoms. The summed E-state index contributed by atoms with van der Waals surface area (Å²) in [5.41, 5.74) is 0. The fourth-order valence-electron chi connectivity index (χ4n) is 0.961. The quantitative estimate of drug-likeness (QED) is 0.662. The van der Waals surface area contributed by atoms with Gasteiger partial charge in [0.2, 0.25) is 0 Å².